The molecule has 0 aliphatic heterocycles. The summed E-state index contributed by atoms with van der Waals surface area (Å²) in [7, 11) is -3.61. The van der Waals surface area contributed by atoms with E-state index < -0.39 is 15.4 Å². The Balaban J connectivity index is 3.00. The Morgan fingerprint density at radius 3 is 2.05 bits per heavy atom. The summed E-state index contributed by atoms with van der Waals surface area (Å²) in [6, 6.07) is 9.25. The SMILES string of the molecule is CC(C)[C@H](c1ccccc1)S(=O)(=O)OCC(C)(C)C. The molecule has 0 saturated carbocycles. The van der Waals surface area contributed by atoms with Gasteiger partial charge in [0.2, 0.25) is 0 Å². The van der Waals surface area contributed by atoms with E-state index in [1.807, 2.05) is 65.0 Å². The van der Waals surface area contributed by atoms with Crippen LogP contribution >= 0.6 is 0 Å². The maximum atomic E-state index is 12.4. The summed E-state index contributed by atoms with van der Waals surface area (Å²) in [5, 5.41) is -0.615. The van der Waals surface area contributed by atoms with Gasteiger partial charge < -0.3 is 0 Å². The molecule has 0 N–H and O–H groups in total. The molecule has 1 aromatic carbocycles. The van der Waals surface area contributed by atoms with E-state index >= 15 is 0 Å². The smallest absolute Gasteiger partial charge is 0.269 e. The van der Waals surface area contributed by atoms with Crippen LogP contribution in [0.5, 0.6) is 0 Å². The molecule has 0 fully saturated rings. The quantitative estimate of drug-likeness (QED) is 0.773. The third kappa shape index (κ3) is 4.96. The summed E-state index contributed by atoms with van der Waals surface area (Å²) in [6.07, 6.45) is 0. The molecule has 0 spiro atoms. The molecule has 0 aliphatic carbocycles. The first-order valence-corrected chi connectivity index (χ1v) is 8.04. The largest absolute Gasteiger partial charge is 0.274 e. The molecule has 0 bridgehead atoms. The molecule has 0 heterocycles. The predicted molar refractivity (Wildman–Crippen MR) is 78.3 cm³/mol. The van der Waals surface area contributed by atoms with Crippen molar-refractivity contribution in [1.82, 2.24) is 0 Å². The van der Waals surface area contributed by atoms with Gasteiger partial charge in [-0.05, 0) is 16.9 Å². The van der Waals surface area contributed by atoms with Crippen LogP contribution in [0, 0.1) is 11.3 Å². The van der Waals surface area contributed by atoms with Crippen molar-refractivity contribution in [3.05, 3.63) is 35.9 Å². The van der Waals surface area contributed by atoms with E-state index in [1.165, 1.54) is 0 Å². The Bertz CT molecular complexity index is 484. The number of benzene rings is 1. The summed E-state index contributed by atoms with van der Waals surface area (Å²) in [6.45, 7) is 9.86. The lowest BCUT2D eigenvalue weighted by Gasteiger charge is -2.24. The second-order valence-electron chi connectivity index (χ2n) is 6.39. The summed E-state index contributed by atoms with van der Waals surface area (Å²) in [5.74, 6) is -0.0348. The third-order valence-electron chi connectivity index (χ3n) is 2.70. The fraction of sp³-hybridized carbons (Fsp3) is 0.600. The fourth-order valence-electron chi connectivity index (χ4n) is 1.86. The lowest BCUT2D eigenvalue weighted by atomic mass is 9.99. The molecule has 3 nitrogen and oxygen atoms in total. The van der Waals surface area contributed by atoms with E-state index in [0.717, 1.165) is 5.56 Å². The zero-order valence-corrected chi connectivity index (χ0v) is 13.2. The van der Waals surface area contributed by atoms with Crippen LogP contribution in [0.3, 0.4) is 0 Å². The van der Waals surface area contributed by atoms with E-state index in [2.05, 4.69) is 0 Å². The Labute approximate surface area is 117 Å². The van der Waals surface area contributed by atoms with Gasteiger partial charge in [-0.25, -0.2) is 0 Å². The Morgan fingerprint density at radius 1 is 1.11 bits per heavy atom. The molecule has 108 valence electrons. The minimum absolute atomic E-state index is 0.0348. The molecule has 0 unspecified atom stereocenters. The van der Waals surface area contributed by atoms with Crippen molar-refractivity contribution < 1.29 is 12.6 Å². The van der Waals surface area contributed by atoms with Crippen LogP contribution in [0.4, 0.5) is 0 Å². The summed E-state index contributed by atoms with van der Waals surface area (Å²) >= 11 is 0. The van der Waals surface area contributed by atoms with E-state index in [0.29, 0.717) is 0 Å². The Kier molecular flexibility index (Phi) is 5.16. The molecular formula is C15H24O3S. The molecule has 1 atom stereocenters. The molecule has 1 rings (SSSR count). The van der Waals surface area contributed by atoms with Gasteiger partial charge in [-0.15, -0.1) is 0 Å². The summed E-state index contributed by atoms with van der Waals surface area (Å²) in [5.41, 5.74) is 0.608. The second-order valence-corrected chi connectivity index (χ2v) is 8.12. The van der Waals surface area contributed by atoms with Gasteiger partial charge in [0, 0.05) is 0 Å². The molecule has 0 aliphatic rings. The number of hydrogen-bond donors (Lipinski definition) is 0. The zero-order chi connectivity index (χ0) is 14.7. The van der Waals surface area contributed by atoms with E-state index in [4.69, 9.17) is 4.18 Å². The molecule has 0 radical (unpaired) electrons. The highest BCUT2D eigenvalue weighted by molar-refractivity contribution is 7.87. The van der Waals surface area contributed by atoms with Gasteiger partial charge in [-0.3, -0.25) is 4.18 Å². The predicted octanol–water partition coefficient (Wildman–Crippen LogP) is 3.78. The average Bonchev–Trinajstić information content (AvgIpc) is 2.26. The van der Waals surface area contributed by atoms with Crippen molar-refractivity contribution in [2.45, 2.75) is 39.9 Å². The van der Waals surface area contributed by atoms with Crippen LogP contribution in [-0.2, 0) is 14.3 Å². The third-order valence-corrected chi connectivity index (χ3v) is 4.59. The highest BCUT2D eigenvalue weighted by Crippen LogP contribution is 2.32. The minimum Gasteiger partial charge on any atom is -0.269 e. The monoisotopic (exact) mass is 284 g/mol. The van der Waals surface area contributed by atoms with Gasteiger partial charge in [-0.2, -0.15) is 8.42 Å². The minimum atomic E-state index is -3.61. The lowest BCUT2D eigenvalue weighted by molar-refractivity contribution is 0.199. The van der Waals surface area contributed by atoms with Crippen LogP contribution in [0.25, 0.3) is 0 Å². The highest BCUT2D eigenvalue weighted by atomic mass is 32.2. The average molecular weight is 284 g/mol. The standard InChI is InChI=1S/C15H24O3S/c1-12(2)14(13-9-7-6-8-10-13)19(16,17)18-11-15(3,4)5/h6-10,12,14H,11H2,1-5H3/t14-/m1/s1. The topological polar surface area (TPSA) is 43.4 Å². The summed E-state index contributed by atoms with van der Waals surface area (Å²) in [4.78, 5) is 0. The van der Waals surface area contributed by atoms with Crippen LogP contribution in [-0.4, -0.2) is 15.0 Å². The van der Waals surface area contributed by atoms with Crippen LogP contribution in [0.2, 0.25) is 0 Å². The van der Waals surface area contributed by atoms with Gasteiger partial charge in [0.05, 0.1) is 6.61 Å². The molecular weight excluding hydrogens is 260 g/mol. The van der Waals surface area contributed by atoms with Crippen molar-refractivity contribution in [3.8, 4) is 0 Å². The van der Waals surface area contributed by atoms with E-state index in [9.17, 15) is 8.42 Å². The molecule has 0 aromatic heterocycles. The normalized spacial score (nSPS) is 14.6. The maximum absolute atomic E-state index is 12.4. The van der Waals surface area contributed by atoms with Crippen molar-refractivity contribution in [1.29, 1.82) is 0 Å². The molecule has 0 saturated heterocycles. The number of hydrogen-bond acceptors (Lipinski definition) is 3. The number of rotatable bonds is 5. The van der Waals surface area contributed by atoms with Gasteiger partial charge >= 0.3 is 0 Å². The first-order chi connectivity index (χ1) is 8.63. The maximum Gasteiger partial charge on any atom is 0.274 e. The fourth-order valence-corrected chi connectivity index (χ4v) is 3.68. The van der Waals surface area contributed by atoms with Crippen LogP contribution in [0.1, 0.15) is 45.4 Å². The highest BCUT2D eigenvalue weighted by Gasteiger charge is 2.32. The van der Waals surface area contributed by atoms with Crippen molar-refractivity contribution >= 4 is 10.1 Å². The van der Waals surface area contributed by atoms with E-state index in [1.54, 1.807) is 0 Å². The molecule has 0 amide bonds. The second kappa shape index (κ2) is 6.06. The Morgan fingerprint density at radius 2 is 1.63 bits per heavy atom. The summed E-state index contributed by atoms with van der Waals surface area (Å²) < 4.78 is 30.0. The molecule has 4 heteroatoms. The lowest BCUT2D eigenvalue weighted by Crippen LogP contribution is -2.25. The van der Waals surface area contributed by atoms with Gasteiger partial charge in [0.15, 0.2) is 0 Å². The van der Waals surface area contributed by atoms with Gasteiger partial charge in [0.25, 0.3) is 10.1 Å². The molecule has 1 aromatic rings. The van der Waals surface area contributed by atoms with Crippen molar-refractivity contribution in [2.24, 2.45) is 11.3 Å². The van der Waals surface area contributed by atoms with Gasteiger partial charge in [0.1, 0.15) is 5.25 Å². The van der Waals surface area contributed by atoms with Gasteiger partial charge in [-0.1, -0.05) is 65.0 Å². The van der Waals surface area contributed by atoms with Crippen molar-refractivity contribution in [2.75, 3.05) is 6.61 Å². The first kappa shape index (κ1) is 16.2. The first-order valence-electron chi connectivity index (χ1n) is 6.57. The van der Waals surface area contributed by atoms with Crippen LogP contribution in [0.15, 0.2) is 30.3 Å². The Hall–Kier alpha value is -0.870. The van der Waals surface area contributed by atoms with E-state index in [-0.39, 0.29) is 17.9 Å². The molecule has 19 heavy (non-hydrogen) atoms. The van der Waals surface area contributed by atoms with Crippen molar-refractivity contribution in [3.63, 3.8) is 0 Å². The zero-order valence-electron chi connectivity index (χ0n) is 12.4. The van der Waals surface area contributed by atoms with Crippen LogP contribution < -0.4 is 0 Å².